The van der Waals surface area contributed by atoms with Crippen molar-refractivity contribution in [3.63, 3.8) is 0 Å². The third kappa shape index (κ3) is 7.32. The predicted octanol–water partition coefficient (Wildman–Crippen LogP) is 3.77. The van der Waals surface area contributed by atoms with Gasteiger partial charge in [0.25, 0.3) is 5.91 Å². The number of aryl methyl sites for hydroxylation is 1. The summed E-state index contributed by atoms with van der Waals surface area (Å²) in [6.07, 6.45) is -4.92. The zero-order valence-corrected chi connectivity index (χ0v) is 24.7. The van der Waals surface area contributed by atoms with Crippen LogP contribution in [0.5, 0.6) is 5.75 Å². The van der Waals surface area contributed by atoms with Crippen molar-refractivity contribution >= 4 is 27.3 Å². The molecule has 236 valence electrons. The van der Waals surface area contributed by atoms with E-state index in [2.05, 4.69) is 20.1 Å². The largest absolute Gasteiger partial charge is 0.434 e. The van der Waals surface area contributed by atoms with Crippen LogP contribution in [-0.4, -0.2) is 81.8 Å². The number of rotatable bonds is 10. The van der Waals surface area contributed by atoms with E-state index in [1.54, 1.807) is 6.92 Å². The van der Waals surface area contributed by atoms with Crippen LogP contribution in [0.2, 0.25) is 5.02 Å². The Hall–Kier alpha value is -2.56. The Morgan fingerprint density at radius 2 is 1.98 bits per heavy atom. The van der Waals surface area contributed by atoms with Crippen LogP contribution < -0.4 is 10.1 Å². The number of sulfone groups is 1. The normalized spacial score (nSPS) is 21.9. The summed E-state index contributed by atoms with van der Waals surface area (Å²) in [5.41, 5.74) is -4.83. The lowest BCUT2D eigenvalue weighted by Gasteiger charge is -2.39. The summed E-state index contributed by atoms with van der Waals surface area (Å²) in [4.78, 5) is 17.0. The molecule has 1 saturated carbocycles. The van der Waals surface area contributed by atoms with Gasteiger partial charge in [0.05, 0.1) is 33.0 Å². The number of amides is 1. The van der Waals surface area contributed by atoms with Gasteiger partial charge < -0.3 is 20.3 Å². The van der Waals surface area contributed by atoms with E-state index in [1.165, 1.54) is 4.68 Å². The second kappa shape index (κ2) is 12.2. The number of nitrogens with one attached hydrogen (secondary N) is 1. The van der Waals surface area contributed by atoms with Crippen LogP contribution in [0.4, 0.5) is 22.0 Å². The van der Waals surface area contributed by atoms with Crippen LogP contribution in [0, 0.1) is 5.41 Å². The summed E-state index contributed by atoms with van der Waals surface area (Å²) in [6.45, 7) is -0.254. The number of hydrogen-bond donors (Lipinski definition) is 3. The van der Waals surface area contributed by atoms with Gasteiger partial charge in [0.2, 0.25) is 0 Å². The van der Waals surface area contributed by atoms with Gasteiger partial charge in [-0.25, -0.2) is 8.42 Å². The number of pyridine rings is 1. The zero-order valence-electron chi connectivity index (χ0n) is 23.2. The molecule has 10 nitrogen and oxygen atoms in total. The molecular weight excluding hydrogens is 615 g/mol. The molecular formula is C25H32ClF5N4O6S. The van der Waals surface area contributed by atoms with E-state index in [0.29, 0.717) is 0 Å². The van der Waals surface area contributed by atoms with E-state index in [9.17, 15) is 45.4 Å². The first-order valence-corrected chi connectivity index (χ1v) is 15.2. The fourth-order valence-electron chi connectivity index (χ4n) is 4.65. The Morgan fingerprint density at radius 3 is 2.50 bits per heavy atom. The second-order valence-electron chi connectivity index (χ2n) is 11.0. The average molecular weight is 647 g/mol. The summed E-state index contributed by atoms with van der Waals surface area (Å²) >= 11 is 6.46. The highest BCUT2D eigenvalue weighted by Crippen LogP contribution is 2.42. The third-order valence-electron chi connectivity index (χ3n) is 7.36. The minimum atomic E-state index is -4.60. The number of ether oxygens (including phenoxy) is 1. The van der Waals surface area contributed by atoms with Crippen molar-refractivity contribution in [3.05, 3.63) is 28.7 Å². The summed E-state index contributed by atoms with van der Waals surface area (Å²) in [7, 11) is -3.45. The van der Waals surface area contributed by atoms with Gasteiger partial charge in [-0.05, 0) is 26.2 Å². The number of halogens is 6. The van der Waals surface area contributed by atoms with E-state index in [0.717, 1.165) is 32.4 Å². The maximum Gasteiger partial charge on any atom is 0.394 e. The summed E-state index contributed by atoms with van der Waals surface area (Å²) in [5, 5.41) is 26.7. The van der Waals surface area contributed by atoms with Crippen molar-refractivity contribution < 1.29 is 50.1 Å². The molecule has 2 aromatic heterocycles. The summed E-state index contributed by atoms with van der Waals surface area (Å²) in [5.74, 6) is -1.43. The molecule has 1 amide bonds. The Balaban J connectivity index is 1.91. The first-order chi connectivity index (χ1) is 19.2. The maximum atomic E-state index is 13.4. The molecule has 1 aliphatic rings. The number of carbonyl (C=O) groups excluding carboxylic acids is 1. The fraction of sp³-hybridized carbons (Fsp3) is 0.640. The monoisotopic (exact) mass is 646 g/mol. The lowest BCUT2D eigenvalue weighted by molar-refractivity contribution is -0.211. The number of aromatic nitrogens is 3. The van der Waals surface area contributed by atoms with Crippen LogP contribution in [0.15, 0.2) is 12.3 Å². The number of hydrogen-bond acceptors (Lipinski definition) is 8. The highest BCUT2D eigenvalue weighted by atomic mass is 35.5. The van der Waals surface area contributed by atoms with E-state index in [-0.39, 0.29) is 53.5 Å². The van der Waals surface area contributed by atoms with Gasteiger partial charge in [-0.1, -0.05) is 25.4 Å². The van der Waals surface area contributed by atoms with Crippen molar-refractivity contribution in [2.24, 2.45) is 5.41 Å². The number of carbonyl (C=O) groups is 1. The minimum Gasteiger partial charge on any atom is -0.434 e. The smallest absolute Gasteiger partial charge is 0.394 e. The molecule has 0 spiro atoms. The van der Waals surface area contributed by atoms with Gasteiger partial charge in [0, 0.05) is 43.7 Å². The van der Waals surface area contributed by atoms with Crippen LogP contribution in [0.1, 0.15) is 56.2 Å². The molecule has 42 heavy (non-hydrogen) atoms. The van der Waals surface area contributed by atoms with Crippen molar-refractivity contribution in [2.75, 3.05) is 12.8 Å². The number of nitrogens with zero attached hydrogens (tertiary/aromatic N) is 3. The molecule has 1 fully saturated rings. The Kier molecular flexibility index (Phi) is 9.86. The molecule has 0 bridgehead atoms. The van der Waals surface area contributed by atoms with Crippen molar-refractivity contribution in [3.8, 4) is 17.0 Å². The molecule has 0 aromatic carbocycles. The molecule has 0 aliphatic heterocycles. The van der Waals surface area contributed by atoms with E-state index in [1.807, 2.05) is 0 Å². The summed E-state index contributed by atoms with van der Waals surface area (Å²) in [6, 6.07) is 0.946. The zero-order chi connectivity index (χ0) is 31.8. The average Bonchev–Trinajstić information content (AvgIpc) is 3.18. The Morgan fingerprint density at radius 1 is 1.33 bits per heavy atom. The molecule has 1 unspecified atom stereocenters. The lowest BCUT2D eigenvalue weighted by atomic mass is 9.82. The van der Waals surface area contributed by atoms with Crippen LogP contribution in [0.3, 0.4) is 0 Å². The SMILES string of the molecule is CCn1nc(C(=O)NC[C@@]2(O)CCC(S(C)(=O)=O)C[C@@H]2O)c(Cl)c1-c1cnc(CC(C)(C)C(F)(F)F)cc1OC(F)F. The van der Waals surface area contributed by atoms with Gasteiger partial charge >= 0.3 is 12.8 Å². The first-order valence-electron chi connectivity index (χ1n) is 12.8. The van der Waals surface area contributed by atoms with Crippen molar-refractivity contribution in [2.45, 2.75) is 82.7 Å². The highest BCUT2D eigenvalue weighted by Gasteiger charge is 2.47. The maximum absolute atomic E-state index is 13.4. The van der Waals surface area contributed by atoms with E-state index >= 15 is 0 Å². The molecule has 2 aromatic rings. The molecule has 3 N–H and O–H groups in total. The second-order valence-corrected chi connectivity index (χ2v) is 13.7. The Bertz CT molecular complexity index is 1420. The quantitative estimate of drug-likeness (QED) is 0.331. The minimum absolute atomic E-state index is 0.0632. The van der Waals surface area contributed by atoms with Gasteiger partial charge in [0.15, 0.2) is 5.69 Å². The molecule has 3 atom stereocenters. The van der Waals surface area contributed by atoms with Crippen molar-refractivity contribution in [1.29, 1.82) is 0 Å². The molecule has 1 aliphatic carbocycles. The molecule has 17 heteroatoms. The van der Waals surface area contributed by atoms with E-state index in [4.69, 9.17) is 11.6 Å². The third-order valence-corrected chi connectivity index (χ3v) is 9.36. The van der Waals surface area contributed by atoms with Gasteiger partial charge in [0.1, 0.15) is 21.2 Å². The fourth-order valence-corrected chi connectivity index (χ4v) is 6.05. The molecule has 0 saturated heterocycles. The lowest BCUT2D eigenvalue weighted by Crippen LogP contribution is -2.56. The number of alkyl halides is 5. The van der Waals surface area contributed by atoms with Gasteiger partial charge in [-0.15, -0.1) is 0 Å². The van der Waals surface area contributed by atoms with Crippen LogP contribution in [0.25, 0.3) is 11.3 Å². The van der Waals surface area contributed by atoms with E-state index < -0.39 is 69.6 Å². The van der Waals surface area contributed by atoms with Gasteiger partial charge in [-0.2, -0.15) is 27.1 Å². The van der Waals surface area contributed by atoms with Gasteiger partial charge in [-0.3, -0.25) is 14.5 Å². The molecule has 2 heterocycles. The van der Waals surface area contributed by atoms with Crippen LogP contribution >= 0.6 is 11.6 Å². The highest BCUT2D eigenvalue weighted by molar-refractivity contribution is 7.91. The number of aliphatic hydroxyl groups excluding tert-OH is 1. The first kappa shape index (κ1) is 33.9. The predicted molar refractivity (Wildman–Crippen MR) is 142 cm³/mol. The van der Waals surface area contributed by atoms with Crippen molar-refractivity contribution in [1.82, 2.24) is 20.1 Å². The molecule has 3 rings (SSSR count). The Labute approximate surface area is 244 Å². The molecule has 0 radical (unpaired) electrons. The summed E-state index contributed by atoms with van der Waals surface area (Å²) < 4.78 is 96.2. The van der Waals surface area contributed by atoms with Crippen LogP contribution in [-0.2, 0) is 22.8 Å². The number of aliphatic hydroxyl groups is 2. The topological polar surface area (TPSA) is 144 Å². The standard InChI is InChI=1S/C25H32ClF5N4O6S/c1-5-35-20(15-11-32-13(8-16(15)41-22(27)28)10-23(2,3)25(29,30)31)18(26)19(34-35)21(37)33-12-24(38)7-6-14(9-17(24)36)42(4,39)40/h8,11,14,17,22,36,38H,5-7,9-10,12H2,1-4H3,(H,33,37)/t14?,17-,24-/m0/s1.